The van der Waals surface area contributed by atoms with Gasteiger partial charge in [-0.25, -0.2) is 10.9 Å². The van der Waals surface area contributed by atoms with Gasteiger partial charge < -0.3 is 11.1 Å². The number of carbonyl (C=O) groups excluding carboxylic acids is 1. The Labute approximate surface area is 94.9 Å². The summed E-state index contributed by atoms with van der Waals surface area (Å²) >= 11 is 5.08. The fraction of sp³-hybridized carbons (Fsp3) is 0.714. The molecule has 5 N–H and O–H groups in total. The molecule has 7 nitrogen and oxygen atoms in total. The van der Waals surface area contributed by atoms with Crippen LogP contribution in [0.5, 0.6) is 0 Å². The van der Waals surface area contributed by atoms with Gasteiger partial charge in [-0.05, 0) is 12.2 Å². The first-order valence-corrected chi connectivity index (χ1v) is 4.90. The van der Waals surface area contributed by atoms with Crippen LogP contribution in [0, 0.1) is 0 Å². The predicted octanol–water partition coefficient (Wildman–Crippen LogP) is -1.85. The molecule has 88 valence electrons. The molecule has 0 aromatic heterocycles. The maximum absolute atomic E-state index is 10.7. The van der Waals surface area contributed by atoms with E-state index >= 15 is 0 Å². The summed E-state index contributed by atoms with van der Waals surface area (Å²) in [5.41, 5.74) is 10.8. The van der Waals surface area contributed by atoms with Crippen LogP contribution in [0.15, 0.2) is 0 Å². The quantitative estimate of drug-likeness (QED) is 0.317. The van der Waals surface area contributed by atoms with Crippen LogP contribution in [0.25, 0.3) is 0 Å². The molecule has 0 aromatic carbocycles. The van der Waals surface area contributed by atoms with E-state index in [-0.39, 0.29) is 12.3 Å². The summed E-state index contributed by atoms with van der Waals surface area (Å²) in [7, 11) is 5.17. The van der Waals surface area contributed by atoms with Crippen molar-refractivity contribution in [2.75, 3.05) is 27.7 Å². The number of amides is 1. The molecule has 8 heteroatoms. The number of thiocarbonyl (C=S) groups is 1. The maximum atomic E-state index is 10.7. The van der Waals surface area contributed by atoms with Gasteiger partial charge in [-0.2, -0.15) is 0 Å². The highest BCUT2D eigenvalue weighted by Crippen LogP contribution is 1.94. The average molecular weight is 234 g/mol. The third-order valence-electron chi connectivity index (χ3n) is 1.68. The first kappa shape index (κ1) is 14.0. The second-order valence-electron chi connectivity index (χ2n) is 2.65. The van der Waals surface area contributed by atoms with Crippen molar-refractivity contribution < 1.29 is 4.79 Å². The van der Waals surface area contributed by atoms with Crippen molar-refractivity contribution in [2.45, 2.75) is 6.42 Å². The second kappa shape index (κ2) is 7.35. The molecule has 0 aliphatic carbocycles. The Hall–Kier alpha value is -0.960. The van der Waals surface area contributed by atoms with Crippen LogP contribution in [0.3, 0.4) is 0 Å². The van der Waals surface area contributed by atoms with E-state index in [1.807, 2.05) is 0 Å². The fourth-order valence-corrected chi connectivity index (χ4v) is 1.16. The van der Waals surface area contributed by atoms with E-state index in [0.717, 1.165) is 0 Å². The lowest BCUT2D eigenvalue weighted by Crippen LogP contribution is -2.60. The number of nitrogens with zero attached hydrogens (tertiary/aromatic N) is 2. The summed E-state index contributed by atoms with van der Waals surface area (Å²) in [6.45, 7) is 0.399. The van der Waals surface area contributed by atoms with Gasteiger partial charge in [0.2, 0.25) is 5.91 Å². The van der Waals surface area contributed by atoms with E-state index < -0.39 is 0 Å². The van der Waals surface area contributed by atoms with Crippen LogP contribution >= 0.6 is 12.2 Å². The average Bonchev–Trinajstić information content (AvgIpc) is 2.22. The molecule has 0 unspecified atom stereocenters. The van der Waals surface area contributed by atoms with Crippen molar-refractivity contribution in [3.8, 4) is 0 Å². The van der Waals surface area contributed by atoms with Crippen molar-refractivity contribution in [3.05, 3.63) is 0 Å². The number of nitrogens with two attached hydrogens (primary N) is 1. The van der Waals surface area contributed by atoms with Crippen molar-refractivity contribution in [2.24, 2.45) is 5.73 Å². The van der Waals surface area contributed by atoms with Crippen LogP contribution in [-0.4, -0.2) is 48.9 Å². The zero-order valence-corrected chi connectivity index (χ0v) is 10.0. The van der Waals surface area contributed by atoms with Gasteiger partial charge >= 0.3 is 0 Å². The first-order chi connectivity index (χ1) is 7.06. The molecule has 0 saturated heterocycles. The van der Waals surface area contributed by atoms with Gasteiger partial charge in [0.25, 0.3) is 0 Å². The highest BCUT2D eigenvalue weighted by atomic mass is 32.1. The molecule has 0 spiro atoms. The smallest absolute Gasteiger partial charge is 0.219 e. The summed E-state index contributed by atoms with van der Waals surface area (Å²) < 4.78 is 0. The minimum atomic E-state index is -0.369. The molecular weight excluding hydrogens is 216 g/mol. The van der Waals surface area contributed by atoms with Crippen LogP contribution < -0.4 is 21.9 Å². The lowest BCUT2D eigenvalue weighted by molar-refractivity contribution is -0.119. The molecule has 0 aliphatic heterocycles. The largest absolute Gasteiger partial charge is 0.370 e. The monoisotopic (exact) mass is 234 g/mol. The molecule has 0 fully saturated rings. The Morgan fingerprint density at radius 3 is 2.20 bits per heavy atom. The Morgan fingerprint density at radius 2 is 1.87 bits per heavy atom. The SMILES string of the molecule is CNC(=S)N(CCC(N)=O)N(NC)NC. The number of hydrazine groups is 3. The second-order valence-corrected chi connectivity index (χ2v) is 3.04. The van der Waals surface area contributed by atoms with Crippen LogP contribution in [-0.2, 0) is 4.79 Å². The minimum Gasteiger partial charge on any atom is -0.370 e. The van der Waals surface area contributed by atoms with Crippen LogP contribution in [0.1, 0.15) is 6.42 Å². The van der Waals surface area contributed by atoms with Crippen molar-refractivity contribution in [1.82, 2.24) is 26.4 Å². The molecule has 15 heavy (non-hydrogen) atoms. The van der Waals surface area contributed by atoms with E-state index in [0.29, 0.717) is 11.7 Å². The molecule has 0 heterocycles. The lowest BCUT2D eigenvalue weighted by Gasteiger charge is -2.34. The zero-order valence-electron chi connectivity index (χ0n) is 9.20. The van der Waals surface area contributed by atoms with Crippen molar-refractivity contribution in [1.29, 1.82) is 0 Å². The number of carbonyl (C=O) groups is 1. The summed E-state index contributed by atoms with van der Waals surface area (Å²) in [4.78, 5) is 10.7. The van der Waals surface area contributed by atoms with Gasteiger partial charge in [0, 0.05) is 34.1 Å². The van der Waals surface area contributed by atoms with Gasteiger partial charge in [-0.3, -0.25) is 9.80 Å². The molecule has 0 aromatic rings. The fourth-order valence-electron chi connectivity index (χ4n) is 0.991. The standard InChI is InChI=1S/C7H18N6OS/c1-9-7(15)12(5-4-6(8)14)13(10-2)11-3/h10-11H,4-5H2,1-3H3,(H2,8,14)(H,9,15). The number of hydrogen-bond acceptors (Lipinski definition) is 5. The highest BCUT2D eigenvalue weighted by molar-refractivity contribution is 7.80. The van der Waals surface area contributed by atoms with Crippen LogP contribution in [0.4, 0.5) is 0 Å². The Kier molecular flexibility index (Phi) is 6.88. The summed E-state index contributed by atoms with van der Waals surface area (Å²) in [5, 5.41) is 6.52. The molecule has 0 atom stereocenters. The van der Waals surface area contributed by atoms with E-state index in [2.05, 4.69) is 16.2 Å². The Balaban J connectivity index is 4.41. The number of nitrogens with one attached hydrogen (secondary N) is 3. The third kappa shape index (κ3) is 4.88. The van der Waals surface area contributed by atoms with Gasteiger partial charge in [0.15, 0.2) is 5.11 Å². The molecule has 0 radical (unpaired) electrons. The van der Waals surface area contributed by atoms with Gasteiger partial charge in [-0.15, -0.1) is 0 Å². The molecule has 0 aliphatic rings. The molecule has 1 amide bonds. The summed E-state index contributed by atoms with van der Waals surface area (Å²) in [5.74, 6) is -0.369. The Morgan fingerprint density at radius 1 is 1.33 bits per heavy atom. The summed E-state index contributed by atoms with van der Waals surface area (Å²) in [6, 6.07) is 0. The molecule has 0 rings (SSSR count). The van der Waals surface area contributed by atoms with Gasteiger partial charge in [0.1, 0.15) is 0 Å². The molecule has 0 bridgehead atoms. The van der Waals surface area contributed by atoms with E-state index in [9.17, 15) is 4.79 Å². The highest BCUT2D eigenvalue weighted by Gasteiger charge is 2.15. The number of rotatable bonds is 6. The molecule has 0 saturated carbocycles. The van der Waals surface area contributed by atoms with Crippen molar-refractivity contribution >= 4 is 23.2 Å². The van der Waals surface area contributed by atoms with Crippen molar-refractivity contribution in [3.63, 3.8) is 0 Å². The van der Waals surface area contributed by atoms with Gasteiger partial charge in [0.05, 0.1) is 0 Å². The lowest BCUT2D eigenvalue weighted by atomic mass is 10.4. The topological polar surface area (TPSA) is 85.7 Å². The van der Waals surface area contributed by atoms with E-state index in [4.69, 9.17) is 18.0 Å². The van der Waals surface area contributed by atoms with Crippen LogP contribution in [0.2, 0.25) is 0 Å². The summed E-state index contributed by atoms with van der Waals surface area (Å²) in [6.07, 6.45) is 0.224. The number of hydrogen-bond donors (Lipinski definition) is 4. The normalized spacial score (nSPS) is 10.1. The van der Waals surface area contributed by atoms with E-state index in [1.54, 1.807) is 31.4 Å². The third-order valence-corrected chi connectivity index (χ3v) is 2.10. The molecular formula is C7H18N6OS. The number of primary amides is 1. The predicted molar refractivity (Wildman–Crippen MR) is 62.1 cm³/mol. The maximum Gasteiger partial charge on any atom is 0.219 e. The Bertz CT molecular complexity index is 220. The minimum absolute atomic E-state index is 0.224. The first-order valence-electron chi connectivity index (χ1n) is 4.49. The van der Waals surface area contributed by atoms with E-state index in [1.165, 1.54) is 0 Å². The van der Waals surface area contributed by atoms with Gasteiger partial charge in [-0.1, -0.05) is 5.23 Å². The zero-order chi connectivity index (χ0) is 11.8.